The number of carbonyl (C=O) groups is 2. The minimum absolute atomic E-state index is 0.237. The van der Waals surface area contributed by atoms with E-state index in [9.17, 15) is 9.59 Å². The van der Waals surface area contributed by atoms with Gasteiger partial charge in [-0.3, -0.25) is 9.59 Å². The summed E-state index contributed by atoms with van der Waals surface area (Å²) < 4.78 is 0. The topological polar surface area (TPSA) is 57.9 Å². The summed E-state index contributed by atoms with van der Waals surface area (Å²) in [6.45, 7) is 4.75. The fourth-order valence-electron chi connectivity index (χ4n) is 1.72. The van der Waals surface area contributed by atoms with Crippen LogP contribution in [-0.4, -0.2) is 11.6 Å². The largest absolute Gasteiger partial charge is 0.299 e. The highest BCUT2D eigenvalue weighted by Gasteiger charge is 2.28. The van der Waals surface area contributed by atoms with Crippen LogP contribution in [0.1, 0.15) is 29.8 Å². The first-order valence-electron chi connectivity index (χ1n) is 5.59. The molecule has 94 valence electrons. The van der Waals surface area contributed by atoms with Crippen LogP contribution in [0.4, 0.5) is 0 Å². The predicted molar refractivity (Wildman–Crippen MR) is 69.5 cm³/mol. The maximum atomic E-state index is 12.2. The number of Topliss-reactive ketones (excluding diaryl/α,β-unsaturated/α-hetero) is 2. The van der Waals surface area contributed by atoms with Gasteiger partial charge in [0, 0.05) is 16.5 Å². The molecule has 0 aliphatic heterocycles. The molecule has 0 radical (unpaired) electrons. The first-order valence-corrected chi connectivity index (χ1v) is 5.96. The fourth-order valence-corrected chi connectivity index (χ4v) is 1.90. The van der Waals surface area contributed by atoms with Gasteiger partial charge >= 0.3 is 0 Å². The molecule has 0 aliphatic rings. The molecule has 1 rings (SSSR count). The van der Waals surface area contributed by atoms with Crippen molar-refractivity contribution in [2.75, 3.05) is 0 Å². The second-order valence-corrected chi connectivity index (χ2v) is 4.74. The fraction of sp³-hybridized carbons (Fsp3) is 0.357. The van der Waals surface area contributed by atoms with Gasteiger partial charge in [-0.1, -0.05) is 30.7 Å². The lowest BCUT2D eigenvalue weighted by Crippen LogP contribution is -2.25. The van der Waals surface area contributed by atoms with E-state index in [-0.39, 0.29) is 11.6 Å². The van der Waals surface area contributed by atoms with Crippen LogP contribution in [0.5, 0.6) is 0 Å². The zero-order chi connectivity index (χ0) is 13.9. The SMILES string of the molecule is CC(=O)C(C#N)C(C)C(=O)c1ccc(C)c(Cl)c1. The third-order valence-electron chi connectivity index (χ3n) is 2.95. The van der Waals surface area contributed by atoms with Crippen LogP contribution < -0.4 is 0 Å². The highest BCUT2D eigenvalue weighted by atomic mass is 35.5. The Labute approximate surface area is 111 Å². The lowest BCUT2D eigenvalue weighted by Gasteiger charge is -2.14. The van der Waals surface area contributed by atoms with E-state index in [1.807, 2.05) is 13.0 Å². The molecule has 2 atom stereocenters. The van der Waals surface area contributed by atoms with Gasteiger partial charge in [0.2, 0.25) is 0 Å². The normalized spacial score (nSPS) is 13.5. The zero-order valence-corrected chi connectivity index (χ0v) is 11.3. The standard InChI is InChI=1S/C14H14ClNO2/c1-8-4-5-11(6-13(8)15)14(18)9(2)12(7-16)10(3)17/h4-6,9,12H,1-3H3. The van der Waals surface area contributed by atoms with Crippen LogP contribution in [0.15, 0.2) is 18.2 Å². The molecule has 0 bridgehead atoms. The van der Waals surface area contributed by atoms with Gasteiger partial charge in [0.15, 0.2) is 5.78 Å². The molecule has 0 saturated heterocycles. The maximum absolute atomic E-state index is 12.2. The highest BCUT2D eigenvalue weighted by molar-refractivity contribution is 6.31. The van der Waals surface area contributed by atoms with Gasteiger partial charge in [0.1, 0.15) is 11.7 Å². The maximum Gasteiger partial charge on any atom is 0.167 e. The summed E-state index contributed by atoms with van der Waals surface area (Å²) >= 11 is 5.95. The van der Waals surface area contributed by atoms with E-state index in [2.05, 4.69) is 0 Å². The van der Waals surface area contributed by atoms with Crippen molar-refractivity contribution >= 4 is 23.2 Å². The third kappa shape index (κ3) is 2.96. The average Bonchev–Trinajstić information content (AvgIpc) is 2.32. The molecule has 0 N–H and O–H groups in total. The van der Waals surface area contributed by atoms with Crippen LogP contribution >= 0.6 is 11.6 Å². The van der Waals surface area contributed by atoms with Crippen molar-refractivity contribution in [3.8, 4) is 6.07 Å². The molecular weight excluding hydrogens is 250 g/mol. The average molecular weight is 264 g/mol. The molecule has 2 unspecified atom stereocenters. The van der Waals surface area contributed by atoms with E-state index in [0.29, 0.717) is 10.6 Å². The number of rotatable bonds is 4. The summed E-state index contributed by atoms with van der Waals surface area (Å²) in [4.78, 5) is 23.4. The van der Waals surface area contributed by atoms with E-state index >= 15 is 0 Å². The predicted octanol–water partition coefficient (Wildman–Crippen LogP) is 3.20. The van der Waals surface area contributed by atoms with Gasteiger partial charge in [-0.05, 0) is 25.5 Å². The third-order valence-corrected chi connectivity index (χ3v) is 3.35. The van der Waals surface area contributed by atoms with E-state index in [1.54, 1.807) is 25.1 Å². The molecule has 0 aliphatic carbocycles. The molecular formula is C14H14ClNO2. The van der Waals surface area contributed by atoms with Crippen LogP contribution in [0, 0.1) is 30.1 Å². The molecule has 1 aromatic rings. The number of aryl methyl sites for hydroxylation is 1. The van der Waals surface area contributed by atoms with E-state index in [0.717, 1.165) is 5.56 Å². The Balaban J connectivity index is 3.03. The number of nitrogens with zero attached hydrogens (tertiary/aromatic N) is 1. The number of hydrogen-bond donors (Lipinski definition) is 0. The molecule has 0 aromatic heterocycles. The van der Waals surface area contributed by atoms with Crippen LogP contribution in [0.25, 0.3) is 0 Å². The Hall–Kier alpha value is -1.66. The van der Waals surface area contributed by atoms with Crippen molar-refractivity contribution < 1.29 is 9.59 Å². The Morgan fingerprint density at radius 2 is 2.00 bits per heavy atom. The van der Waals surface area contributed by atoms with Gasteiger partial charge in [-0.15, -0.1) is 0 Å². The number of nitriles is 1. The van der Waals surface area contributed by atoms with Gasteiger partial charge in [0.25, 0.3) is 0 Å². The van der Waals surface area contributed by atoms with Crippen molar-refractivity contribution in [3.05, 3.63) is 34.3 Å². The minimum atomic E-state index is -0.905. The van der Waals surface area contributed by atoms with E-state index in [1.165, 1.54) is 6.92 Å². The second kappa shape index (κ2) is 5.79. The summed E-state index contributed by atoms with van der Waals surface area (Å²) in [5.41, 5.74) is 1.31. The Morgan fingerprint density at radius 1 is 1.39 bits per heavy atom. The quantitative estimate of drug-likeness (QED) is 0.784. The number of benzene rings is 1. The molecule has 18 heavy (non-hydrogen) atoms. The monoisotopic (exact) mass is 263 g/mol. The van der Waals surface area contributed by atoms with E-state index in [4.69, 9.17) is 16.9 Å². The molecule has 3 nitrogen and oxygen atoms in total. The summed E-state index contributed by atoms with van der Waals surface area (Å²) in [6.07, 6.45) is 0. The van der Waals surface area contributed by atoms with Gasteiger partial charge in [-0.2, -0.15) is 5.26 Å². The Kier molecular flexibility index (Phi) is 4.63. The molecule has 0 spiro atoms. The first kappa shape index (κ1) is 14.4. The molecule has 0 fully saturated rings. The van der Waals surface area contributed by atoms with Crippen molar-refractivity contribution in [2.24, 2.45) is 11.8 Å². The first-order chi connectivity index (χ1) is 8.38. The number of hydrogen-bond acceptors (Lipinski definition) is 3. The zero-order valence-electron chi connectivity index (χ0n) is 10.5. The summed E-state index contributed by atoms with van der Waals surface area (Å²) in [6, 6.07) is 6.86. The highest BCUT2D eigenvalue weighted by Crippen LogP contribution is 2.22. The van der Waals surface area contributed by atoms with Crippen LogP contribution in [0.3, 0.4) is 0 Å². The second-order valence-electron chi connectivity index (χ2n) is 4.33. The van der Waals surface area contributed by atoms with Gasteiger partial charge < -0.3 is 0 Å². The van der Waals surface area contributed by atoms with Crippen LogP contribution in [-0.2, 0) is 4.79 Å². The molecule has 0 amide bonds. The van der Waals surface area contributed by atoms with Crippen molar-refractivity contribution in [2.45, 2.75) is 20.8 Å². The Morgan fingerprint density at radius 3 is 2.44 bits per heavy atom. The molecule has 1 aromatic carbocycles. The van der Waals surface area contributed by atoms with E-state index < -0.39 is 11.8 Å². The molecule has 0 saturated carbocycles. The number of ketones is 2. The Bertz CT molecular complexity index is 531. The lowest BCUT2D eigenvalue weighted by atomic mass is 9.85. The lowest BCUT2D eigenvalue weighted by molar-refractivity contribution is -0.120. The summed E-state index contributed by atoms with van der Waals surface area (Å²) in [7, 11) is 0. The number of carbonyl (C=O) groups excluding carboxylic acids is 2. The van der Waals surface area contributed by atoms with Crippen molar-refractivity contribution in [3.63, 3.8) is 0 Å². The van der Waals surface area contributed by atoms with Crippen molar-refractivity contribution in [1.82, 2.24) is 0 Å². The van der Waals surface area contributed by atoms with Gasteiger partial charge in [-0.25, -0.2) is 0 Å². The molecule has 0 heterocycles. The minimum Gasteiger partial charge on any atom is -0.299 e. The number of halogens is 1. The summed E-state index contributed by atoms with van der Waals surface area (Å²) in [5.74, 6) is -2.10. The summed E-state index contributed by atoms with van der Waals surface area (Å²) in [5, 5.41) is 9.42. The van der Waals surface area contributed by atoms with Gasteiger partial charge in [0.05, 0.1) is 6.07 Å². The van der Waals surface area contributed by atoms with Crippen LogP contribution in [0.2, 0.25) is 5.02 Å². The van der Waals surface area contributed by atoms with Crippen molar-refractivity contribution in [1.29, 1.82) is 5.26 Å². The smallest absolute Gasteiger partial charge is 0.167 e. The molecule has 4 heteroatoms.